The van der Waals surface area contributed by atoms with E-state index in [9.17, 15) is 0 Å². The highest BCUT2D eigenvalue weighted by Gasteiger charge is 2.26. The first-order chi connectivity index (χ1) is 21.2. The molecule has 2 fully saturated rings. The number of anilines is 3. The topological polar surface area (TPSA) is 101 Å². The number of nitrogen functional groups attached to an aromatic ring is 1. The van der Waals surface area contributed by atoms with Crippen LogP contribution in [-0.4, -0.2) is 67.0 Å². The minimum atomic E-state index is 0.270. The molecule has 0 atom stereocenters. The summed E-state index contributed by atoms with van der Waals surface area (Å²) < 4.78 is 1.56. The van der Waals surface area contributed by atoms with Crippen molar-refractivity contribution >= 4 is 23.3 Å². The quantitative estimate of drug-likeness (QED) is 0.295. The van der Waals surface area contributed by atoms with E-state index in [0.717, 1.165) is 60.9 Å². The van der Waals surface area contributed by atoms with Crippen LogP contribution in [0.25, 0.3) is 22.8 Å². The summed E-state index contributed by atoms with van der Waals surface area (Å²) in [5, 5.41) is 17.0. The molecule has 2 aromatic carbocycles. The van der Waals surface area contributed by atoms with E-state index >= 15 is 0 Å². The standard InChI is InChI=1S/C34H41N9/c1-2-30(42-21-17-28(18-22-42)41-19-6-3-7-20-41)25-13-15-27(16-14-25)36-34-37-33(35)43(40-34)31-23-26-11-8-10-24-9-4-5-12-29(24)32(26)39-38-31/h2,4-5,9,12-16,23,28H,3,6-8,10-11,17-22H2,1H3,(H3,35,36,37,40)/b30-2+. The van der Waals surface area contributed by atoms with E-state index in [1.807, 2.05) is 6.07 Å². The Labute approximate surface area is 253 Å². The third-order valence-electron chi connectivity index (χ3n) is 9.30. The number of fused-ring (bicyclic) bond motifs is 3. The summed E-state index contributed by atoms with van der Waals surface area (Å²) in [6, 6.07) is 19.7. The number of allylic oxidation sites excluding steroid dienone is 1. The van der Waals surface area contributed by atoms with Gasteiger partial charge >= 0.3 is 0 Å². The molecule has 0 amide bonds. The number of benzene rings is 2. The fourth-order valence-electron chi connectivity index (χ4n) is 7.06. The van der Waals surface area contributed by atoms with Crippen molar-refractivity contribution in [2.45, 2.75) is 64.3 Å². The van der Waals surface area contributed by atoms with Crippen molar-refractivity contribution in [3.63, 3.8) is 0 Å². The molecular formula is C34H41N9. The van der Waals surface area contributed by atoms with Gasteiger partial charge in [0.1, 0.15) is 0 Å². The van der Waals surface area contributed by atoms with Crippen LogP contribution in [0.2, 0.25) is 0 Å². The van der Waals surface area contributed by atoms with Crippen LogP contribution in [0.4, 0.5) is 17.6 Å². The number of likely N-dealkylation sites (tertiary alicyclic amines) is 2. The zero-order chi connectivity index (χ0) is 29.2. The van der Waals surface area contributed by atoms with E-state index in [1.54, 1.807) is 4.68 Å². The van der Waals surface area contributed by atoms with E-state index in [2.05, 4.69) is 96.9 Å². The lowest BCUT2D eigenvalue weighted by molar-refractivity contribution is 0.112. The number of piperidine rings is 2. The summed E-state index contributed by atoms with van der Waals surface area (Å²) >= 11 is 0. The molecule has 0 saturated carbocycles. The smallest absolute Gasteiger partial charge is 0.248 e. The highest BCUT2D eigenvalue weighted by Crippen LogP contribution is 2.32. The minimum absolute atomic E-state index is 0.270. The molecule has 9 heteroatoms. The minimum Gasteiger partial charge on any atom is -0.371 e. The number of hydrogen-bond donors (Lipinski definition) is 2. The van der Waals surface area contributed by atoms with Crippen LogP contribution in [0.15, 0.2) is 60.7 Å². The van der Waals surface area contributed by atoms with Crippen molar-refractivity contribution < 1.29 is 0 Å². The van der Waals surface area contributed by atoms with Gasteiger partial charge in [0.2, 0.25) is 11.9 Å². The number of aryl methyl sites for hydroxylation is 2. The summed E-state index contributed by atoms with van der Waals surface area (Å²) in [6.45, 7) is 6.93. The van der Waals surface area contributed by atoms with Crippen molar-refractivity contribution in [2.24, 2.45) is 0 Å². The van der Waals surface area contributed by atoms with Gasteiger partial charge in [0, 0.05) is 36.1 Å². The monoisotopic (exact) mass is 575 g/mol. The van der Waals surface area contributed by atoms with Crippen molar-refractivity contribution in [1.29, 1.82) is 0 Å². The van der Waals surface area contributed by atoms with Crippen LogP contribution in [0.5, 0.6) is 0 Å². The lowest BCUT2D eigenvalue weighted by Crippen LogP contribution is -2.46. The van der Waals surface area contributed by atoms with Crippen molar-refractivity contribution in [1.82, 2.24) is 34.8 Å². The SMILES string of the molecule is C/C=C(\c1ccc(Nc2nc(N)n(-c3cc4c(nn3)-c3ccccc3CCC4)n2)cc1)N1CCC(N2CCCCC2)CC1. The van der Waals surface area contributed by atoms with Gasteiger partial charge in [0.05, 0.1) is 5.69 Å². The van der Waals surface area contributed by atoms with Gasteiger partial charge < -0.3 is 20.9 Å². The first-order valence-corrected chi connectivity index (χ1v) is 15.9. The molecule has 3 N–H and O–H groups in total. The van der Waals surface area contributed by atoms with Crippen LogP contribution in [0, 0.1) is 0 Å². The highest BCUT2D eigenvalue weighted by atomic mass is 15.4. The van der Waals surface area contributed by atoms with Gasteiger partial charge in [-0.3, -0.25) is 0 Å². The Morgan fingerprint density at radius 2 is 1.65 bits per heavy atom. The molecule has 2 saturated heterocycles. The average Bonchev–Trinajstić information content (AvgIpc) is 3.31. The summed E-state index contributed by atoms with van der Waals surface area (Å²) in [7, 11) is 0. The molecule has 3 aliphatic rings. The van der Waals surface area contributed by atoms with Gasteiger partial charge in [-0.25, -0.2) is 0 Å². The van der Waals surface area contributed by atoms with Gasteiger partial charge in [-0.15, -0.1) is 15.3 Å². The van der Waals surface area contributed by atoms with E-state index in [0.29, 0.717) is 11.8 Å². The zero-order valence-electron chi connectivity index (χ0n) is 25.0. The van der Waals surface area contributed by atoms with Crippen LogP contribution >= 0.6 is 0 Å². The van der Waals surface area contributed by atoms with Crippen LogP contribution in [-0.2, 0) is 12.8 Å². The fourth-order valence-corrected chi connectivity index (χ4v) is 7.06. The van der Waals surface area contributed by atoms with E-state index in [-0.39, 0.29) is 5.95 Å². The van der Waals surface area contributed by atoms with E-state index < -0.39 is 0 Å². The maximum atomic E-state index is 6.30. The number of hydrogen-bond acceptors (Lipinski definition) is 8. The van der Waals surface area contributed by atoms with Gasteiger partial charge in [0.15, 0.2) is 5.82 Å². The Morgan fingerprint density at radius 1 is 0.884 bits per heavy atom. The molecular weight excluding hydrogens is 534 g/mol. The molecule has 2 aromatic heterocycles. The maximum Gasteiger partial charge on any atom is 0.248 e. The average molecular weight is 576 g/mol. The Hall–Kier alpha value is -4.24. The summed E-state index contributed by atoms with van der Waals surface area (Å²) in [5.41, 5.74) is 14.3. The van der Waals surface area contributed by atoms with Crippen LogP contribution in [0.3, 0.4) is 0 Å². The first kappa shape index (κ1) is 27.6. The predicted molar refractivity (Wildman–Crippen MR) is 172 cm³/mol. The largest absolute Gasteiger partial charge is 0.371 e. The first-order valence-electron chi connectivity index (χ1n) is 15.9. The molecule has 222 valence electrons. The number of rotatable bonds is 6. The van der Waals surface area contributed by atoms with Gasteiger partial charge in [-0.1, -0.05) is 48.9 Å². The molecule has 0 radical (unpaired) electrons. The second-order valence-corrected chi connectivity index (χ2v) is 12.0. The molecule has 0 bridgehead atoms. The third kappa shape index (κ3) is 5.73. The van der Waals surface area contributed by atoms with Crippen molar-refractivity contribution in [3.8, 4) is 17.1 Å². The molecule has 43 heavy (non-hydrogen) atoms. The molecule has 1 aliphatic carbocycles. The van der Waals surface area contributed by atoms with Gasteiger partial charge in [0.25, 0.3) is 0 Å². The number of nitrogens with zero attached hydrogens (tertiary/aromatic N) is 7. The molecule has 0 spiro atoms. The van der Waals surface area contributed by atoms with Crippen molar-refractivity contribution in [3.05, 3.63) is 77.4 Å². The fraction of sp³-hybridized carbons (Fsp3) is 0.412. The second-order valence-electron chi connectivity index (χ2n) is 12.0. The normalized spacial score (nSPS) is 18.2. The molecule has 4 heterocycles. The Morgan fingerprint density at radius 3 is 2.44 bits per heavy atom. The molecule has 7 rings (SSSR count). The zero-order valence-corrected chi connectivity index (χ0v) is 25.0. The molecule has 4 aromatic rings. The lowest BCUT2D eigenvalue weighted by atomic mass is 9.98. The Kier molecular flexibility index (Phi) is 7.80. The van der Waals surface area contributed by atoms with Crippen LogP contribution < -0.4 is 11.1 Å². The summed E-state index contributed by atoms with van der Waals surface area (Å²) in [5.74, 6) is 1.28. The molecule has 9 nitrogen and oxygen atoms in total. The predicted octanol–water partition coefficient (Wildman–Crippen LogP) is 5.85. The second kappa shape index (κ2) is 12.2. The number of nitrogens with two attached hydrogens (primary N) is 1. The Balaban J connectivity index is 1.02. The number of nitrogens with one attached hydrogen (secondary N) is 1. The van der Waals surface area contributed by atoms with Gasteiger partial charge in [-0.2, -0.15) is 9.67 Å². The maximum absolute atomic E-state index is 6.30. The van der Waals surface area contributed by atoms with E-state index in [4.69, 9.17) is 5.73 Å². The van der Waals surface area contributed by atoms with Crippen LogP contribution in [0.1, 0.15) is 62.1 Å². The van der Waals surface area contributed by atoms with Crippen molar-refractivity contribution in [2.75, 3.05) is 37.2 Å². The number of aromatic nitrogens is 5. The van der Waals surface area contributed by atoms with E-state index in [1.165, 1.54) is 62.0 Å². The molecule has 2 aliphatic heterocycles. The summed E-state index contributed by atoms with van der Waals surface area (Å²) in [4.78, 5) is 9.75. The Bertz CT molecular complexity index is 1590. The highest BCUT2D eigenvalue weighted by molar-refractivity contribution is 5.69. The van der Waals surface area contributed by atoms with Gasteiger partial charge in [-0.05, 0) is 99.8 Å². The lowest BCUT2D eigenvalue weighted by Gasteiger charge is -2.41. The molecule has 0 unspecified atom stereocenters. The third-order valence-corrected chi connectivity index (χ3v) is 9.30. The summed E-state index contributed by atoms with van der Waals surface area (Å²) in [6.07, 6.45) is 11.9.